The Morgan fingerprint density at radius 1 is 1.23 bits per heavy atom. The maximum absolute atomic E-state index is 13.5. The topological polar surface area (TPSA) is 41.1 Å². The first-order chi connectivity index (χ1) is 10.7. The van der Waals surface area contributed by atoms with E-state index in [4.69, 9.17) is 0 Å². The van der Waals surface area contributed by atoms with E-state index in [-0.39, 0.29) is 18.1 Å². The maximum Gasteiger partial charge on any atom is 0.176 e. The van der Waals surface area contributed by atoms with Gasteiger partial charge in [0.15, 0.2) is 5.78 Å². The molecule has 2 N–H and O–H groups in total. The number of rotatable bonds is 5. The summed E-state index contributed by atoms with van der Waals surface area (Å²) in [6.45, 7) is 1.55. The van der Waals surface area contributed by atoms with Gasteiger partial charge in [-0.1, -0.05) is 18.2 Å². The van der Waals surface area contributed by atoms with Gasteiger partial charge in [-0.25, -0.2) is 4.39 Å². The summed E-state index contributed by atoms with van der Waals surface area (Å²) in [5.41, 5.74) is 3.61. The number of ketones is 1. The number of nitrogens with one attached hydrogen (secondary N) is 2. The van der Waals surface area contributed by atoms with Crippen molar-refractivity contribution in [1.29, 1.82) is 0 Å². The molecule has 0 saturated heterocycles. The summed E-state index contributed by atoms with van der Waals surface area (Å²) < 4.78 is 13.5. The summed E-state index contributed by atoms with van der Waals surface area (Å²) >= 11 is 0. The molecule has 1 aliphatic heterocycles. The number of halogens is 1. The first-order valence-electron chi connectivity index (χ1n) is 7.58. The largest absolute Gasteiger partial charge is 0.385 e. The third-order valence-corrected chi connectivity index (χ3v) is 3.92. The predicted octanol–water partition coefficient (Wildman–Crippen LogP) is 3.16. The van der Waals surface area contributed by atoms with Gasteiger partial charge in [0, 0.05) is 29.9 Å². The SMILES string of the molecule is O=C(CNCc1ccccc1F)c1ccc2c(c1)CCCN2. The van der Waals surface area contributed by atoms with Crippen LogP contribution in [0.2, 0.25) is 0 Å². The molecule has 3 nitrogen and oxygen atoms in total. The van der Waals surface area contributed by atoms with Gasteiger partial charge in [0.25, 0.3) is 0 Å². The number of hydrogen-bond acceptors (Lipinski definition) is 3. The zero-order valence-corrected chi connectivity index (χ0v) is 12.4. The highest BCUT2D eigenvalue weighted by Crippen LogP contribution is 2.23. The molecule has 0 aliphatic carbocycles. The van der Waals surface area contributed by atoms with Crippen molar-refractivity contribution in [3.63, 3.8) is 0 Å². The quantitative estimate of drug-likeness (QED) is 0.833. The number of benzene rings is 2. The molecule has 2 aromatic carbocycles. The minimum atomic E-state index is -0.248. The fourth-order valence-corrected chi connectivity index (χ4v) is 2.70. The van der Waals surface area contributed by atoms with Gasteiger partial charge in [-0.3, -0.25) is 4.79 Å². The molecule has 0 saturated carbocycles. The van der Waals surface area contributed by atoms with E-state index in [9.17, 15) is 9.18 Å². The molecule has 1 heterocycles. The van der Waals surface area contributed by atoms with Crippen LogP contribution in [0, 0.1) is 5.82 Å². The van der Waals surface area contributed by atoms with E-state index in [1.807, 2.05) is 18.2 Å². The fraction of sp³-hybridized carbons (Fsp3) is 0.278. The van der Waals surface area contributed by atoms with Gasteiger partial charge in [0.2, 0.25) is 0 Å². The number of carbonyl (C=O) groups excluding carboxylic acids is 1. The van der Waals surface area contributed by atoms with Crippen molar-refractivity contribution < 1.29 is 9.18 Å². The lowest BCUT2D eigenvalue weighted by molar-refractivity contribution is 0.0990. The summed E-state index contributed by atoms with van der Waals surface area (Å²) in [5, 5.41) is 6.35. The van der Waals surface area contributed by atoms with Gasteiger partial charge < -0.3 is 10.6 Å². The van der Waals surface area contributed by atoms with Gasteiger partial charge in [0.05, 0.1) is 6.54 Å². The average Bonchev–Trinajstić information content (AvgIpc) is 2.56. The first kappa shape index (κ1) is 14.7. The van der Waals surface area contributed by atoms with Crippen molar-refractivity contribution in [3.8, 4) is 0 Å². The molecule has 0 bridgehead atoms. The van der Waals surface area contributed by atoms with Crippen LogP contribution in [0.3, 0.4) is 0 Å². The van der Waals surface area contributed by atoms with Crippen LogP contribution < -0.4 is 10.6 Å². The Labute approximate surface area is 129 Å². The van der Waals surface area contributed by atoms with E-state index in [1.54, 1.807) is 18.2 Å². The van der Waals surface area contributed by atoms with Crippen molar-refractivity contribution in [2.24, 2.45) is 0 Å². The van der Waals surface area contributed by atoms with Crippen LogP contribution in [0.4, 0.5) is 10.1 Å². The molecule has 22 heavy (non-hydrogen) atoms. The molecule has 2 aromatic rings. The van der Waals surface area contributed by atoms with E-state index < -0.39 is 0 Å². The number of fused-ring (bicyclic) bond motifs is 1. The number of hydrogen-bond donors (Lipinski definition) is 2. The Bertz CT molecular complexity index is 685. The second kappa shape index (κ2) is 6.71. The van der Waals surface area contributed by atoms with Gasteiger partial charge in [-0.05, 0) is 42.7 Å². The zero-order valence-electron chi connectivity index (χ0n) is 12.4. The molecular weight excluding hydrogens is 279 g/mol. The molecule has 0 radical (unpaired) electrons. The maximum atomic E-state index is 13.5. The Morgan fingerprint density at radius 2 is 2.09 bits per heavy atom. The summed E-state index contributed by atoms with van der Waals surface area (Å²) in [5.74, 6) is -0.216. The van der Waals surface area contributed by atoms with Gasteiger partial charge in [0.1, 0.15) is 5.82 Å². The monoisotopic (exact) mass is 298 g/mol. The van der Waals surface area contributed by atoms with Gasteiger partial charge in [-0.2, -0.15) is 0 Å². The third kappa shape index (κ3) is 3.34. The van der Waals surface area contributed by atoms with Crippen molar-refractivity contribution in [3.05, 3.63) is 65.0 Å². The molecule has 0 atom stereocenters. The Balaban J connectivity index is 1.59. The van der Waals surface area contributed by atoms with Crippen LogP contribution in [0.25, 0.3) is 0 Å². The van der Waals surface area contributed by atoms with E-state index in [0.717, 1.165) is 25.1 Å². The average molecular weight is 298 g/mol. The number of Topliss-reactive ketones (excluding diaryl/α,β-unsaturated/α-hetero) is 1. The molecule has 0 spiro atoms. The predicted molar refractivity (Wildman–Crippen MR) is 85.7 cm³/mol. The van der Waals surface area contributed by atoms with Crippen molar-refractivity contribution in [2.45, 2.75) is 19.4 Å². The second-order valence-electron chi connectivity index (χ2n) is 5.52. The molecule has 114 valence electrons. The van der Waals surface area contributed by atoms with E-state index in [0.29, 0.717) is 17.7 Å². The van der Waals surface area contributed by atoms with Crippen LogP contribution in [0.1, 0.15) is 27.9 Å². The fourth-order valence-electron chi connectivity index (χ4n) is 2.70. The smallest absolute Gasteiger partial charge is 0.176 e. The summed E-state index contributed by atoms with van der Waals surface area (Å²) in [6, 6.07) is 12.4. The normalized spacial score (nSPS) is 13.3. The van der Waals surface area contributed by atoms with Crippen molar-refractivity contribution in [2.75, 3.05) is 18.4 Å². The van der Waals surface area contributed by atoms with Crippen LogP contribution in [-0.4, -0.2) is 18.9 Å². The standard InChI is InChI=1S/C18H19FN2O/c19-16-6-2-1-4-15(16)11-20-12-18(22)14-7-8-17-13(10-14)5-3-9-21-17/h1-2,4,6-8,10,20-21H,3,5,9,11-12H2. The van der Waals surface area contributed by atoms with Crippen LogP contribution in [0.5, 0.6) is 0 Å². The highest BCUT2D eigenvalue weighted by Gasteiger charge is 2.12. The van der Waals surface area contributed by atoms with Crippen LogP contribution in [0.15, 0.2) is 42.5 Å². The lowest BCUT2D eigenvalue weighted by Crippen LogP contribution is -2.23. The summed E-state index contributed by atoms with van der Waals surface area (Å²) in [7, 11) is 0. The molecular formula is C18H19FN2O. The molecule has 0 aromatic heterocycles. The van der Waals surface area contributed by atoms with Crippen LogP contribution >= 0.6 is 0 Å². The number of aryl methyl sites for hydroxylation is 1. The molecule has 0 amide bonds. The highest BCUT2D eigenvalue weighted by atomic mass is 19.1. The number of carbonyl (C=O) groups is 1. The van der Waals surface area contributed by atoms with Crippen molar-refractivity contribution >= 4 is 11.5 Å². The second-order valence-corrected chi connectivity index (χ2v) is 5.52. The molecule has 4 heteroatoms. The lowest BCUT2D eigenvalue weighted by Gasteiger charge is -2.18. The van der Waals surface area contributed by atoms with E-state index >= 15 is 0 Å². The highest BCUT2D eigenvalue weighted by molar-refractivity contribution is 5.98. The molecule has 3 rings (SSSR count). The molecule has 0 unspecified atom stereocenters. The minimum absolute atomic E-state index is 0.0321. The first-order valence-corrected chi connectivity index (χ1v) is 7.58. The Kier molecular flexibility index (Phi) is 4.49. The minimum Gasteiger partial charge on any atom is -0.385 e. The lowest BCUT2D eigenvalue weighted by atomic mass is 9.99. The summed E-state index contributed by atoms with van der Waals surface area (Å²) in [4.78, 5) is 12.2. The van der Waals surface area contributed by atoms with Crippen molar-refractivity contribution in [1.82, 2.24) is 5.32 Å². The van der Waals surface area contributed by atoms with E-state index in [2.05, 4.69) is 10.6 Å². The summed E-state index contributed by atoms with van der Waals surface area (Å²) in [6.07, 6.45) is 2.10. The Hall–Kier alpha value is -2.20. The number of anilines is 1. The zero-order chi connectivity index (χ0) is 15.4. The third-order valence-electron chi connectivity index (χ3n) is 3.92. The van der Waals surface area contributed by atoms with E-state index in [1.165, 1.54) is 11.6 Å². The molecule has 1 aliphatic rings. The van der Waals surface area contributed by atoms with Gasteiger partial charge >= 0.3 is 0 Å². The van der Waals surface area contributed by atoms with Crippen LogP contribution in [-0.2, 0) is 13.0 Å². The Morgan fingerprint density at radius 3 is 2.95 bits per heavy atom. The molecule has 0 fully saturated rings. The van der Waals surface area contributed by atoms with Gasteiger partial charge in [-0.15, -0.1) is 0 Å².